The van der Waals surface area contributed by atoms with Gasteiger partial charge < -0.3 is 14.8 Å². The van der Waals surface area contributed by atoms with E-state index in [1.165, 1.54) is 4.52 Å². The van der Waals surface area contributed by atoms with Crippen LogP contribution in [0.1, 0.15) is 13.8 Å². The average molecular weight is 264 g/mol. The molecule has 8 nitrogen and oxygen atoms in total. The van der Waals surface area contributed by atoms with Crippen LogP contribution < -0.4 is 10.1 Å². The molecular weight excluding hydrogens is 248 g/mol. The van der Waals surface area contributed by atoms with E-state index >= 15 is 0 Å². The summed E-state index contributed by atoms with van der Waals surface area (Å²) in [6.07, 6.45) is 3.16. The molecule has 3 rings (SSSR count). The van der Waals surface area contributed by atoms with Crippen molar-refractivity contribution >= 4 is 5.65 Å². The van der Waals surface area contributed by atoms with Gasteiger partial charge in [-0.2, -0.15) is 4.52 Å². The Morgan fingerprint density at radius 2 is 2.42 bits per heavy atom. The second-order valence-corrected chi connectivity index (χ2v) is 5.14. The Kier molecular flexibility index (Phi) is 3.03. The lowest BCUT2D eigenvalue weighted by Crippen LogP contribution is -2.52. The highest BCUT2D eigenvalue weighted by Crippen LogP contribution is 2.16. The van der Waals surface area contributed by atoms with Crippen LogP contribution in [0.25, 0.3) is 5.65 Å². The van der Waals surface area contributed by atoms with Crippen molar-refractivity contribution in [1.29, 1.82) is 0 Å². The fourth-order valence-electron chi connectivity index (χ4n) is 2.09. The number of rotatable bonds is 3. The number of nitrogens with one attached hydrogen (secondary N) is 1. The maximum Gasteiger partial charge on any atom is 0.237 e. The summed E-state index contributed by atoms with van der Waals surface area (Å²) in [5, 5.41) is 14.6. The zero-order chi connectivity index (χ0) is 13.3. The van der Waals surface area contributed by atoms with E-state index in [2.05, 4.69) is 39.7 Å². The van der Waals surface area contributed by atoms with Gasteiger partial charge in [0.05, 0.1) is 18.0 Å². The number of fused-ring (bicyclic) bond motifs is 1. The van der Waals surface area contributed by atoms with Gasteiger partial charge in [0.15, 0.2) is 0 Å². The molecule has 0 bridgehead atoms. The minimum atomic E-state index is -0.175. The summed E-state index contributed by atoms with van der Waals surface area (Å²) in [5.74, 6) is 0.509. The Morgan fingerprint density at radius 3 is 3.26 bits per heavy atom. The summed E-state index contributed by atoms with van der Waals surface area (Å²) < 4.78 is 13.1. The monoisotopic (exact) mass is 264 g/mol. The predicted molar refractivity (Wildman–Crippen MR) is 65.9 cm³/mol. The molecule has 1 aliphatic rings. The first kappa shape index (κ1) is 12.2. The van der Waals surface area contributed by atoms with E-state index in [0.29, 0.717) is 18.1 Å². The highest BCUT2D eigenvalue weighted by Gasteiger charge is 2.28. The van der Waals surface area contributed by atoms with E-state index in [9.17, 15) is 0 Å². The topological polar surface area (TPSA) is 86.5 Å². The van der Waals surface area contributed by atoms with E-state index in [0.717, 1.165) is 13.1 Å². The molecule has 2 aromatic rings. The Bertz CT molecular complexity index is 569. The van der Waals surface area contributed by atoms with Gasteiger partial charge >= 0.3 is 0 Å². The lowest BCUT2D eigenvalue weighted by Gasteiger charge is -2.36. The van der Waals surface area contributed by atoms with Crippen LogP contribution in [0, 0.1) is 0 Å². The van der Waals surface area contributed by atoms with Crippen LogP contribution in [-0.4, -0.2) is 56.4 Å². The fourth-order valence-corrected chi connectivity index (χ4v) is 2.09. The molecule has 1 aliphatic heterocycles. The van der Waals surface area contributed by atoms with E-state index in [4.69, 9.17) is 9.47 Å². The Balaban J connectivity index is 1.67. The molecule has 0 radical (unpaired) electrons. The molecule has 0 aliphatic carbocycles. The van der Waals surface area contributed by atoms with E-state index in [1.54, 1.807) is 12.4 Å². The van der Waals surface area contributed by atoms with Gasteiger partial charge in [-0.15, -0.1) is 5.10 Å². The molecule has 1 saturated heterocycles. The summed E-state index contributed by atoms with van der Waals surface area (Å²) in [4.78, 5) is 4.03. The first-order valence-electron chi connectivity index (χ1n) is 6.17. The zero-order valence-corrected chi connectivity index (χ0v) is 10.9. The molecule has 19 heavy (non-hydrogen) atoms. The van der Waals surface area contributed by atoms with Gasteiger partial charge in [-0.25, -0.2) is 0 Å². The third-order valence-electron chi connectivity index (χ3n) is 2.90. The summed E-state index contributed by atoms with van der Waals surface area (Å²) in [7, 11) is 0. The van der Waals surface area contributed by atoms with Crippen LogP contribution in [0.3, 0.4) is 0 Å². The summed E-state index contributed by atoms with van der Waals surface area (Å²) in [6, 6.07) is 0. The second-order valence-electron chi connectivity index (χ2n) is 5.14. The van der Waals surface area contributed by atoms with Gasteiger partial charge in [0.2, 0.25) is 11.5 Å². The standard InChI is InChI=1S/C11H16N6O2/c1-11(2)7-13-3-8(19-11)6-18-10-5-12-4-9-14-15-16-17(9)10/h4-5,8,13H,3,6-7H2,1-2H3. The van der Waals surface area contributed by atoms with Crippen LogP contribution in [0.4, 0.5) is 0 Å². The Hall–Kier alpha value is -1.80. The maximum absolute atomic E-state index is 5.92. The predicted octanol–water partition coefficient (Wildman–Crippen LogP) is -0.335. The Labute approximate surface area is 110 Å². The minimum Gasteiger partial charge on any atom is -0.474 e. The molecule has 1 N–H and O–H groups in total. The van der Waals surface area contributed by atoms with Gasteiger partial charge in [-0.1, -0.05) is 0 Å². The first-order valence-corrected chi connectivity index (χ1v) is 6.17. The van der Waals surface area contributed by atoms with Crippen molar-refractivity contribution in [3.05, 3.63) is 12.4 Å². The smallest absolute Gasteiger partial charge is 0.237 e. The second kappa shape index (κ2) is 4.71. The quantitative estimate of drug-likeness (QED) is 0.811. The zero-order valence-electron chi connectivity index (χ0n) is 10.9. The minimum absolute atomic E-state index is 0.00418. The van der Waals surface area contributed by atoms with Crippen molar-refractivity contribution < 1.29 is 9.47 Å². The third-order valence-corrected chi connectivity index (χ3v) is 2.90. The number of ether oxygens (including phenoxy) is 2. The molecule has 0 spiro atoms. The summed E-state index contributed by atoms with van der Waals surface area (Å²) in [5.41, 5.74) is 0.381. The van der Waals surface area contributed by atoms with Gasteiger partial charge in [0, 0.05) is 13.1 Å². The SMILES string of the molecule is CC1(C)CNCC(COc2cncc3nnnn23)O1. The molecule has 0 saturated carbocycles. The van der Waals surface area contributed by atoms with Crippen molar-refractivity contribution in [2.24, 2.45) is 0 Å². The molecule has 1 unspecified atom stereocenters. The van der Waals surface area contributed by atoms with Gasteiger partial charge in [-0.3, -0.25) is 4.98 Å². The van der Waals surface area contributed by atoms with Crippen LogP contribution >= 0.6 is 0 Å². The van der Waals surface area contributed by atoms with Crippen molar-refractivity contribution in [3.63, 3.8) is 0 Å². The normalized spacial score (nSPS) is 22.5. The highest BCUT2D eigenvalue weighted by molar-refractivity contribution is 5.34. The number of aromatic nitrogens is 5. The van der Waals surface area contributed by atoms with Crippen LogP contribution in [0.15, 0.2) is 12.4 Å². The lowest BCUT2D eigenvalue weighted by molar-refractivity contribution is -0.107. The molecule has 102 valence electrons. The maximum atomic E-state index is 5.92. The molecule has 8 heteroatoms. The number of morpholine rings is 1. The molecule has 2 aromatic heterocycles. The van der Waals surface area contributed by atoms with Crippen molar-refractivity contribution in [1.82, 2.24) is 30.3 Å². The largest absolute Gasteiger partial charge is 0.474 e. The van der Waals surface area contributed by atoms with Crippen LogP contribution in [-0.2, 0) is 4.74 Å². The third kappa shape index (κ3) is 2.64. The lowest BCUT2D eigenvalue weighted by atomic mass is 10.1. The molecule has 0 amide bonds. The number of tetrazole rings is 1. The molecule has 1 atom stereocenters. The van der Waals surface area contributed by atoms with Gasteiger partial charge in [0.25, 0.3) is 0 Å². The van der Waals surface area contributed by atoms with E-state index < -0.39 is 0 Å². The van der Waals surface area contributed by atoms with E-state index in [1.807, 2.05) is 0 Å². The van der Waals surface area contributed by atoms with Crippen LogP contribution in [0.5, 0.6) is 5.88 Å². The van der Waals surface area contributed by atoms with Gasteiger partial charge in [0.1, 0.15) is 12.7 Å². The first-order chi connectivity index (χ1) is 9.14. The Morgan fingerprint density at radius 1 is 1.53 bits per heavy atom. The molecule has 1 fully saturated rings. The van der Waals surface area contributed by atoms with Crippen LogP contribution in [0.2, 0.25) is 0 Å². The number of nitrogens with zero attached hydrogens (tertiary/aromatic N) is 5. The number of hydrogen-bond donors (Lipinski definition) is 1. The van der Waals surface area contributed by atoms with Crippen molar-refractivity contribution in [2.45, 2.75) is 25.6 Å². The van der Waals surface area contributed by atoms with Crippen molar-refractivity contribution in [2.75, 3.05) is 19.7 Å². The summed E-state index contributed by atoms with van der Waals surface area (Å²) >= 11 is 0. The average Bonchev–Trinajstić information content (AvgIpc) is 2.84. The number of hydrogen-bond acceptors (Lipinski definition) is 7. The summed E-state index contributed by atoms with van der Waals surface area (Å²) in [6.45, 7) is 6.14. The highest BCUT2D eigenvalue weighted by atomic mass is 16.6. The van der Waals surface area contributed by atoms with Crippen molar-refractivity contribution in [3.8, 4) is 5.88 Å². The fraction of sp³-hybridized carbons (Fsp3) is 0.636. The molecular formula is C11H16N6O2. The van der Waals surface area contributed by atoms with E-state index in [-0.39, 0.29) is 11.7 Å². The molecule has 3 heterocycles. The molecule has 0 aromatic carbocycles. The van der Waals surface area contributed by atoms with Gasteiger partial charge in [-0.05, 0) is 24.3 Å².